The molecule has 0 fully saturated rings. The highest BCUT2D eigenvalue weighted by molar-refractivity contribution is 5.71. The van der Waals surface area contributed by atoms with Crippen LogP contribution in [-0.2, 0) is 28.6 Å². The van der Waals surface area contributed by atoms with Gasteiger partial charge in [-0.3, -0.25) is 14.4 Å². The van der Waals surface area contributed by atoms with Crippen molar-refractivity contribution in [2.24, 2.45) is 0 Å². The summed E-state index contributed by atoms with van der Waals surface area (Å²) in [6.45, 7) is 4.43. The maximum Gasteiger partial charge on any atom is 0.308 e. The third kappa shape index (κ3) is 24.8. The molecule has 0 heterocycles. The quantitative estimate of drug-likeness (QED) is 0.0268. The monoisotopic (exact) mass is 740 g/mol. The van der Waals surface area contributed by atoms with Crippen LogP contribution in [0.15, 0.2) is 0 Å². The highest BCUT2D eigenvalue weighted by atomic mass is 16.6. The van der Waals surface area contributed by atoms with Crippen LogP contribution in [0.4, 0.5) is 0 Å². The first-order valence-corrected chi connectivity index (χ1v) is 18.8. The number of rotatable bonds is 32. The van der Waals surface area contributed by atoms with Gasteiger partial charge in [-0.1, -0.05) is 65.7 Å². The second-order valence-electron chi connectivity index (χ2n) is 13.6. The van der Waals surface area contributed by atoms with E-state index in [9.17, 15) is 55.2 Å². The number of carbonyl (C=O) groups is 3. The van der Waals surface area contributed by atoms with Crippen molar-refractivity contribution >= 4 is 17.9 Å². The molecule has 0 bridgehead atoms. The van der Waals surface area contributed by atoms with E-state index < -0.39 is 105 Å². The topological polar surface area (TPSA) is 261 Å². The number of hydrogen-bond acceptors (Lipinski definition) is 15. The summed E-state index contributed by atoms with van der Waals surface area (Å²) < 4.78 is 16.0. The Morgan fingerprint density at radius 1 is 0.490 bits per heavy atom. The summed E-state index contributed by atoms with van der Waals surface area (Å²) in [4.78, 5) is 37.7. The lowest BCUT2D eigenvalue weighted by Gasteiger charge is -2.25. The van der Waals surface area contributed by atoms with E-state index in [0.29, 0.717) is 25.7 Å². The van der Waals surface area contributed by atoms with Gasteiger partial charge in [-0.15, -0.1) is 0 Å². The largest absolute Gasteiger partial charge is 0.463 e. The summed E-state index contributed by atoms with van der Waals surface area (Å²) in [6.07, 6.45) is -5.43. The van der Waals surface area contributed by atoms with Gasteiger partial charge in [0.15, 0.2) is 0 Å². The van der Waals surface area contributed by atoms with Gasteiger partial charge in [-0.05, 0) is 38.5 Å². The number of aliphatic hydroxyl groups excluding tert-OH is 9. The Hall–Kier alpha value is -1.95. The van der Waals surface area contributed by atoms with Gasteiger partial charge < -0.3 is 60.2 Å². The first-order chi connectivity index (χ1) is 24.2. The van der Waals surface area contributed by atoms with Gasteiger partial charge in [0.1, 0.15) is 43.2 Å². The van der Waals surface area contributed by atoms with Crippen molar-refractivity contribution in [3.8, 4) is 0 Å². The van der Waals surface area contributed by atoms with Crippen molar-refractivity contribution in [2.75, 3.05) is 13.2 Å². The van der Waals surface area contributed by atoms with E-state index in [-0.39, 0.29) is 25.7 Å². The van der Waals surface area contributed by atoms with E-state index >= 15 is 0 Å². The molecule has 0 aliphatic carbocycles. The Bertz CT molecular complexity index is 906. The molecular weight excluding hydrogens is 672 g/mol. The molecule has 0 aromatic carbocycles. The molecule has 9 N–H and O–H groups in total. The van der Waals surface area contributed by atoms with Gasteiger partial charge in [0, 0.05) is 12.8 Å². The first-order valence-electron chi connectivity index (χ1n) is 18.8. The summed E-state index contributed by atoms with van der Waals surface area (Å²) in [7, 11) is 0. The van der Waals surface area contributed by atoms with E-state index in [1.165, 1.54) is 0 Å². The van der Waals surface area contributed by atoms with Crippen LogP contribution in [0.25, 0.3) is 0 Å². The number of unbranched alkanes of at least 4 members (excludes halogenated alkanes) is 6. The third-order valence-electron chi connectivity index (χ3n) is 8.56. The average Bonchev–Trinajstić information content (AvgIpc) is 3.05. The van der Waals surface area contributed by atoms with Crippen molar-refractivity contribution in [1.29, 1.82) is 0 Å². The number of esters is 3. The molecule has 302 valence electrons. The number of carbonyl (C=O) groups excluding carboxylic acids is 3. The molecule has 51 heavy (non-hydrogen) atoms. The van der Waals surface area contributed by atoms with E-state index in [4.69, 9.17) is 19.3 Å². The van der Waals surface area contributed by atoms with E-state index in [1.54, 1.807) is 0 Å². The summed E-state index contributed by atoms with van der Waals surface area (Å²) in [5.41, 5.74) is 0. The fourth-order valence-electron chi connectivity index (χ4n) is 5.56. The molecule has 0 aromatic heterocycles. The normalized spacial score (nSPS) is 17.6. The molecule has 0 aliphatic heterocycles. The number of aliphatic hydroxyl groups is 9. The molecule has 0 saturated carbocycles. The van der Waals surface area contributed by atoms with E-state index in [0.717, 1.165) is 51.4 Å². The maximum atomic E-state index is 12.8. The van der Waals surface area contributed by atoms with Gasteiger partial charge in [0.05, 0.1) is 50.3 Å². The van der Waals surface area contributed by atoms with Crippen LogP contribution in [0.2, 0.25) is 0 Å². The zero-order valence-corrected chi connectivity index (χ0v) is 30.9. The van der Waals surface area contributed by atoms with Crippen LogP contribution >= 0.6 is 0 Å². The minimum atomic E-state index is -1.92. The molecule has 0 unspecified atom stereocenters. The molecule has 0 rings (SSSR count). The molecule has 0 amide bonds. The SMILES string of the molecule is CCCCC[C@@H](O)C[C@@H](O)CC(=O)O[C@H](CCCCC)C[C@@H](O)CC(=O)O[C@H](CCCCC)C[C@@H](O)CC(=O)OC[C@@H](O)[C@@H](O)[C@H](O)[C@H](O)CO. The second kappa shape index (κ2) is 29.5. The highest BCUT2D eigenvalue weighted by Gasteiger charge is 2.31. The van der Waals surface area contributed by atoms with Crippen molar-refractivity contribution in [3.05, 3.63) is 0 Å². The van der Waals surface area contributed by atoms with Gasteiger partial charge in [-0.2, -0.15) is 0 Å². The highest BCUT2D eigenvalue weighted by Crippen LogP contribution is 2.20. The second-order valence-corrected chi connectivity index (χ2v) is 13.6. The number of hydrogen-bond donors (Lipinski definition) is 9. The maximum absolute atomic E-state index is 12.8. The molecule has 0 aliphatic rings. The van der Waals surface area contributed by atoms with Gasteiger partial charge in [0.25, 0.3) is 0 Å². The molecule has 15 heteroatoms. The molecule has 0 spiro atoms. The molecule has 15 nitrogen and oxygen atoms in total. The van der Waals surface area contributed by atoms with Crippen molar-refractivity contribution in [1.82, 2.24) is 0 Å². The van der Waals surface area contributed by atoms with Gasteiger partial charge in [0.2, 0.25) is 0 Å². The fourth-order valence-corrected chi connectivity index (χ4v) is 5.56. The average molecular weight is 741 g/mol. The smallest absolute Gasteiger partial charge is 0.308 e. The predicted molar refractivity (Wildman–Crippen MR) is 186 cm³/mol. The lowest BCUT2D eigenvalue weighted by molar-refractivity contribution is -0.159. The van der Waals surface area contributed by atoms with E-state index in [1.807, 2.05) is 20.8 Å². The van der Waals surface area contributed by atoms with Crippen LogP contribution in [0.3, 0.4) is 0 Å². The molecule has 0 saturated heterocycles. The number of ether oxygens (including phenoxy) is 3. The van der Waals surface area contributed by atoms with Crippen molar-refractivity contribution < 1.29 is 74.6 Å². The Kier molecular flexibility index (Phi) is 28.4. The zero-order valence-electron chi connectivity index (χ0n) is 30.9. The zero-order chi connectivity index (χ0) is 38.8. The Morgan fingerprint density at radius 3 is 1.31 bits per heavy atom. The summed E-state index contributed by atoms with van der Waals surface area (Å²) in [5, 5.41) is 89.5. The van der Waals surface area contributed by atoms with Crippen molar-refractivity contribution in [2.45, 2.75) is 197 Å². The summed E-state index contributed by atoms with van der Waals surface area (Å²) in [6, 6.07) is 0. The minimum absolute atomic E-state index is 0.0359. The summed E-state index contributed by atoms with van der Waals surface area (Å²) in [5.74, 6) is -2.35. The lowest BCUT2D eigenvalue weighted by atomic mass is 10.0. The molecule has 10 atom stereocenters. The standard InChI is InChI=1S/C36H68O15/c1-4-7-10-13-24(38)16-25(39)20-33(45)50-29(15-12-9-6-3)18-27(41)21-34(46)51-28(14-11-8-5-2)17-26(40)19-32(44)49-23-31(43)36(48)35(47)30(42)22-37/h24-31,35-43,47-48H,4-23H2,1-3H3/t24-,25-,26-,27-,28-,29-,30-,31-,35-,36-/m1/s1. The van der Waals surface area contributed by atoms with Crippen LogP contribution in [0.1, 0.15) is 136 Å². The Balaban J connectivity index is 5.08. The van der Waals surface area contributed by atoms with Crippen LogP contribution in [0, 0.1) is 0 Å². The van der Waals surface area contributed by atoms with Crippen LogP contribution in [0.5, 0.6) is 0 Å². The van der Waals surface area contributed by atoms with Gasteiger partial charge >= 0.3 is 17.9 Å². The third-order valence-corrected chi connectivity index (χ3v) is 8.56. The molecule has 0 radical (unpaired) electrons. The molecule has 0 aromatic rings. The predicted octanol–water partition coefficient (Wildman–Crippen LogP) is 1.31. The molecular formula is C36H68O15. The van der Waals surface area contributed by atoms with Crippen LogP contribution < -0.4 is 0 Å². The Morgan fingerprint density at radius 2 is 0.882 bits per heavy atom. The minimum Gasteiger partial charge on any atom is -0.463 e. The lowest BCUT2D eigenvalue weighted by Crippen LogP contribution is -2.47. The summed E-state index contributed by atoms with van der Waals surface area (Å²) >= 11 is 0. The van der Waals surface area contributed by atoms with Crippen molar-refractivity contribution in [3.63, 3.8) is 0 Å². The van der Waals surface area contributed by atoms with E-state index in [2.05, 4.69) is 0 Å². The van der Waals surface area contributed by atoms with Gasteiger partial charge in [-0.25, -0.2) is 0 Å². The Labute approximate surface area is 302 Å². The first kappa shape index (κ1) is 49.0. The van der Waals surface area contributed by atoms with Crippen LogP contribution in [-0.4, -0.2) is 138 Å². The fraction of sp³-hybridized carbons (Fsp3) is 0.917.